The molecule has 1 aliphatic carbocycles. The molecule has 2 heterocycles. The zero-order chi connectivity index (χ0) is 28.9. The van der Waals surface area contributed by atoms with E-state index in [0.717, 1.165) is 0 Å². The van der Waals surface area contributed by atoms with Gasteiger partial charge in [0.1, 0.15) is 36.6 Å². The van der Waals surface area contributed by atoms with Crippen LogP contribution in [0.4, 0.5) is 0 Å². The maximum Gasteiger partial charge on any atom is 0.261 e. The van der Waals surface area contributed by atoms with Gasteiger partial charge < -0.3 is 32.8 Å². The Balaban J connectivity index is 1.65. The monoisotopic (exact) mass is 570 g/mol. The van der Waals surface area contributed by atoms with Gasteiger partial charge in [-0.15, -0.1) is 0 Å². The lowest BCUT2D eigenvalue weighted by atomic mass is 9.85. The van der Waals surface area contributed by atoms with E-state index in [1.807, 2.05) is 41.5 Å². The molecule has 8 heteroatoms. The third kappa shape index (κ3) is 5.45. The molecule has 5 unspecified atom stereocenters. The van der Waals surface area contributed by atoms with Crippen molar-refractivity contribution in [2.75, 3.05) is 6.61 Å². The fourth-order valence-electron chi connectivity index (χ4n) is 6.70. The lowest BCUT2D eigenvalue weighted by Gasteiger charge is -2.50. The minimum Gasteiger partial charge on any atom is -0.399 e. The molecule has 3 aliphatic rings. The molecule has 2 saturated heterocycles. The molecule has 5 atom stereocenters. The number of rotatable bonds is 8. The molecule has 0 spiro atoms. The Hall–Kier alpha value is -1.62. The van der Waals surface area contributed by atoms with E-state index >= 15 is 0 Å². The Kier molecular flexibility index (Phi) is 8.13. The summed E-state index contributed by atoms with van der Waals surface area (Å²) in [5, 5.41) is 2.17. The van der Waals surface area contributed by atoms with Crippen LogP contribution < -0.4 is 10.4 Å². The maximum absolute atomic E-state index is 7.67. The van der Waals surface area contributed by atoms with Gasteiger partial charge >= 0.3 is 0 Å². The third-order valence-electron chi connectivity index (χ3n) is 8.10. The van der Waals surface area contributed by atoms with Crippen LogP contribution in [0.1, 0.15) is 62.3 Å². The zero-order valence-electron chi connectivity index (χ0n) is 25.4. The van der Waals surface area contributed by atoms with Crippen LogP contribution in [0, 0.1) is 0 Å². The molecule has 2 aromatic rings. The van der Waals surface area contributed by atoms with Gasteiger partial charge in [0, 0.05) is 6.61 Å². The highest BCUT2D eigenvalue weighted by Gasteiger charge is 2.66. The Morgan fingerprint density at radius 3 is 1.50 bits per heavy atom. The molecule has 7 nitrogen and oxygen atoms in total. The summed E-state index contributed by atoms with van der Waals surface area (Å²) in [6, 6.07) is 21.3. The predicted octanol–water partition coefficient (Wildman–Crippen LogP) is 4.75. The van der Waals surface area contributed by atoms with Gasteiger partial charge in [0.05, 0.1) is 0 Å². The van der Waals surface area contributed by atoms with E-state index in [4.69, 9.17) is 32.8 Å². The molecular formula is C32H46O7Si. The summed E-state index contributed by atoms with van der Waals surface area (Å²) < 4.78 is 46.4. The topological polar surface area (TPSA) is 64.6 Å². The van der Waals surface area contributed by atoms with Crippen molar-refractivity contribution in [1.29, 1.82) is 0 Å². The molecule has 5 rings (SSSR count). The van der Waals surface area contributed by atoms with Crippen molar-refractivity contribution in [2.24, 2.45) is 0 Å². The molecule has 2 aliphatic heterocycles. The fourth-order valence-corrected chi connectivity index (χ4v) is 11.4. The van der Waals surface area contributed by atoms with Gasteiger partial charge in [0.25, 0.3) is 8.32 Å². The van der Waals surface area contributed by atoms with Gasteiger partial charge in [0.15, 0.2) is 17.9 Å². The lowest BCUT2D eigenvalue weighted by Crippen LogP contribution is -2.72. The van der Waals surface area contributed by atoms with Gasteiger partial charge in [-0.2, -0.15) is 0 Å². The number of fused-ring (bicyclic) bond motifs is 2. The predicted molar refractivity (Wildman–Crippen MR) is 156 cm³/mol. The normalized spacial score (nSPS) is 31.9. The van der Waals surface area contributed by atoms with Gasteiger partial charge in [-0.05, 0) is 57.0 Å². The van der Waals surface area contributed by atoms with E-state index < -0.39 is 62.8 Å². The van der Waals surface area contributed by atoms with Crippen molar-refractivity contribution in [3.63, 3.8) is 0 Å². The van der Waals surface area contributed by atoms with Crippen LogP contribution in [0.2, 0.25) is 5.04 Å². The van der Waals surface area contributed by atoms with Gasteiger partial charge in [0.2, 0.25) is 0 Å². The van der Waals surface area contributed by atoms with E-state index in [-0.39, 0.29) is 5.04 Å². The Morgan fingerprint density at radius 2 is 1.12 bits per heavy atom. The second-order valence-corrected chi connectivity index (χ2v) is 17.3. The van der Waals surface area contributed by atoms with Crippen LogP contribution in [0.25, 0.3) is 0 Å². The number of hydrogen-bond donors (Lipinski definition) is 0. The highest BCUT2D eigenvalue weighted by atomic mass is 28.4. The van der Waals surface area contributed by atoms with Crippen molar-refractivity contribution < 1.29 is 32.8 Å². The molecule has 0 N–H and O–H groups in total. The molecule has 3 fully saturated rings. The number of hydrogen-bond acceptors (Lipinski definition) is 7. The molecule has 0 radical (unpaired) electrons. The first kappa shape index (κ1) is 29.9. The summed E-state index contributed by atoms with van der Waals surface area (Å²) >= 11 is 0. The second kappa shape index (κ2) is 10.9. The summed E-state index contributed by atoms with van der Waals surface area (Å²) in [7, 11) is -2.95. The first-order valence-electron chi connectivity index (χ1n) is 14.6. The van der Waals surface area contributed by atoms with Crippen molar-refractivity contribution in [2.45, 2.75) is 122 Å². The average molecular weight is 571 g/mol. The molecule has 40 heavy (non-hydrogen) atoms. The minimum atomic E-state index is -2.95. The van der Waals surface area contributed by atoms with Crippen LogP contribution in [0.3, 0.4) is 0 Å². The Morgan fingerprint density at radius 1 is 0.725 bits per heavy atom. The molecule has 2 aromatic carbocycles. The Bertz CT molecular complexity index is 1060. The summed E-state index contributed by atoms with van der Waals surface area (Å²) in [5.74, 6) is -1.65. The minimum absolute atomic E-state index is 0.221. The van der Waals surface area contributed by atoms with E-state index in [0.29, 0.717) is 6.61 Å². The molecular weight excluding hydrogens is 524 g/mol. The molecule has 220 valence electrons. The van der Waals surface area contributed by atoms with E-state index in [2.05, 4.69) is 81.4 Å². The Labute approximate surface area is 240 Å². The van der Waals surface area contributed by atoms with Crippen LogP contribution in [0.5, 0.6) is 0 Å². The van der Waals surface area contributed by atoms with E-state index in [1.54, 1.807) is 0 Å². The largest absolute Gasteiger partial charge is 0.399 e. The zero-order valence-corrected chi connectivity index (χ0v) is 26.4. The van der Waals surface area contributed by atoms with Crippen molar-refractivity contribution >= 4 is 18.7 Å². The molecule has 1 saturated carbocycles. The summed E-state index contributed by atoms with van der Waals surface area (Å²) in [6.45, 7) is 19.0. The highest BCUT2D eigenvalue weighted by Crippen LogP contribution is 2.49. The summed E-state index contributed by atoms with van der Waals surface area (Å²) in [6.07, 6.45) is -3.10. The third-order valence-corrected chi connectivity index (χ3v) is 13.1. The number of benzene rings is 2. The second-order valence-electron chi connectivity index (χ2n) is 13.0. The maximum atomic E-state index is 7.67. The smallest absolute Gasteiger partial charge is 0.261 e. The first-order chi connectivity index (χ1) is 18.8. The first-order valence-corrected chi connectivity index (χ1v) is 16.5. The molecule has 0 bridgehead atoms. The molecule has 0 aromatic heterocycles. The van der Waals surface area contributed by atoms with E-state index in [9.17, 15) is 0 Å². The van der Waals surface area contributed by atoms with Gasteiger partial charge in [-0.1, -0.05) is 81.4 Å². The van der Waals surface area contributed by atoms with Crippen LogP contribution in [0.15, 0.2) is 60.7 Å². The van der Waals surface area contributed by atoms with Crippen molar-refractivity contribution in [3.8, 4) is 0 Å². The van der Waals surface area contributed by atoms with Crippen molar-refractivity contribution in [1.82, 2.24) is 0 Å². The standard InChI is InChI=1S/C32H46O7Si/c1-10-33-21(2)34-24-25-27(37-31(6,7)35-25)29(28-26(24)36-32(8,9)38-28)39-40(30(3,4)5,22-17-13-11-14-18-22)23-19-15-12-16-20-23/h11-21,24-29H,10H2,1-9H3. The summed E-state index contributed by atoms with van der Waals surface area (Å²) in [5.41, 5.74) is 0. The van der Waals surface area contributed by atoms with E-state index in [1.165, 1.54) is 10.4 Å². The van der Waals surface area contributed by atoms with Crippen molar-refractivity contribution in [3.05, 3.63) is 60.7 Å². The van der Waals surface area contributed by atoms with Crippen LogP contribution in [-0.2, 0) is 32.8 Å². The van der Waals surface area contributed by atoms with Gasteiger partial charge in [-0.25, -0.2) is 0 Å². The molecule has 0 amide bonds. The average Bonchev–Trinajstić information content (AvgIpc) is 3.38. The SMILES string of the molecule is CCOC(C)OC1C2OC(C)(C)OC2C(O[Si](c2ccccc2)(c2ccccc2)C(C)(C)C)C2OC(C)(C)OC12. The summed E-state index contributed by atoms with van der Waals surface area (Å²) in [4.78, 5) is 0. The highest BCUT2D eigenvalue weighted by molar-refractivity contribution is 6.99. The van der Waals surface area contributed by atoms with Crippen LogP contribution in [-0.4, -0.2) is 69.4 Å². The van der Waals surface area contributed by atoms with Crippen LogP contribution >= 0.6 is 0 Å². The fraction of sp³-hybridized carbons (Fsp3) is 0.625. The quantitative estimate of drug-likeness (QED) is 0.335. The van der Waals surface area contributed by atoms with Gasteiger partial charge in [-0.3, -0.25) is 0 Å². The number of ether oxygens (including phenoxy) is 6. The lowest BCUT2D eigenvalue weighted by molar-refractivity contribution is -0.239.